The molecular weight excluding hydrogens is 230 g/mol. The standard InChI is InChI=1S/C11H12ClNOS/c12-6-10(14)7-13-9-2-1-8-3-4-15-11(8)5-9/h1-5,10,13-14H,6-7H2. The van der Waals surface area contributed by atoms with Gasteiger partial charge in [-0.2, -0.15) is 0 Å². The summed E-state index contributed by atoms with van der Waals surface area (Å²) >= 11 is 7.22. The van der Waals surface area contributed by atoms with E-state index in [1.807, 2.05) is 6.07 Å². The van der Waals surface area contributed by atoms with E-state index in [9.17, 15) is 5.11 Å². The van der Waals surface area contributed by atoms with Gasteiger partial charge in [-0.3, -0.25) is 0 Å². The molecule has 4 heteroatoms. The van der Waals surface area contributed by atoms with Gasteiger partial charge in [-0.25, -0.2) is 0 Å². The van der Waals surface area contributed by atoms with Crippen molar-refractivity contribution in [2.24, 2.45) is 0 Å². The number of nitrogens with one attached hydrogen (secondary N) is 1. The Hall–Kier alpha value is -0.770. The van der Waals surface area contributed by atoms with Crippen molar-refractivity contribution in [3.8, 4) is 0 Å². The van der Waals surface area contributed by atoms with Gasteiger partial charge >= 0.3 is 0 Å². The van der Waals surface area contributed by atoms with Crippen LogP contribution in [0, 0.1) is 0 Å². The Morgan fingerprint density at radius 3 is 3.07 bits per heavy atom. The first-order chi connectivity index (χ1) is 7.29. The molecule has 2 rings (SSSR count). The zero-order chi connectivity index (χ0) is 10.7. The lowest BCUT2D eigenvalue weighted by molar-refractivity contribution is 0.211. The molecule has 0 aliphatic rings. The Bertz CT molecular complexity index is 443. The van der Waals surface area contributed by atoms with Gasteiger partial charge in [0.15, 0.2) is 0 Å². The number of rotatable bonds is 4. The number of aliphatic hydroxyl groups excluding tert-OH is 1. The molecule has 2 N–H and O–H groups in total. The van der Waals surface area contributed by atoms with Gasteiger partial charge in [-0.15, -0.1) is 22.9 Å². The van der Waals surface area contributed by atoms with Crippen molar-refractivity contribution >= 4 is 38.7 Å². The van der Waals surface area contributed by atoms with E-state index in [0.717, 1.165) is 5.69 Å². The molecule has 1 aromatic carbocycles. The Labute approximate surface area is 97.5 Å². The molecule has 2 nitrogen and oxygen atoms in total. The van der Waals surface area contributed by atoms with Crippen LogP contribution < -0.4 is 5.32 Å². The lowest BCUT2D eigenvalue weighted by Crippen LogP contribution is -2.20. The monoisotopic (exact) mass is 241 g/mol. The molecule has 2 aromatic rings. The van der Waals surface area contributed by atoms with Crippen LogP contribution in [0.1, 0.15) is 0 Å². The van der Waals surface area contributed by atoms with Crippen LogP contribution in [0.3, 0.4) is 0 Å². The normalized spacial score (nSPS) is 12.9. The summed E-state index contributed by atoms with van der Waals surface area (Å²) in [6.45, 7) is 0.486. The number of halogens is 1. The molecule has 0 amide bonds. The fraction of sp³-hybridized carbons (Fsp3) is 0.273. The average molecular weight is 242 g/mol. The van der Waals surface area contributed by atoms with Crippen LogP contribution in [0.15, 0.2) is 29.6 Å². The summed E-state index contributed by atoms with van der Waals surface area (Å²) in [7, 11) is 0. The second-order valence-corrected chi connectivity index (χ2v) is 4.62. The topological polar surface area (TPSA) is 32.3 Å². The van der Waals surface area contributed by atoms with Crippen LogP contribution in [-0.4, -0.2) is 23.6 Å². The molecule has 0 aliphatic carbocycles. The first kappa shape index (κ1) is 10.7. The second kappa shape index (κ2) is 4.84. The highest BCUT2D eigenvalue weighted by atomic mass is 35.5. The van der Waals surface area contributed by atoms with Gasteiger partial charge in [0, 0.05) is 16.9 Å². The minimum absolute atomic E-state index is 0.258. The highest BCUT2D eigenvalue weighted by molar-refractivity contribution is 7.17. The van der Waals surface area contributed by atoms with Crippen molar-refractivity contribution in [1.29, 1.82) is 0 Å². The fourth-order valence-electron chi connectivity index (χ4n) is 1.35. The molecule has 15 heavy (non-hydrogen) atoms. The molecule has 80 valence electrons. The van der Waals surface area contributed by atoms with E-state index in [1.54, 1.807) is 11.3 Å². The molecule has 0 spiro atoms. The average Bonchev–Trinajstić information content (AvgIpc) is 2.72. The summed E-state index contributed by atoms with van der Waals surface area (Å²) in [4.78, 5) is 0. The molecule has 0 fully saturated rings. The third kappa shape index (κ3) is 2.62. The summed E-state index contributed by atoms with van der Waals surface area (Å²) < 4.78 is 1.25. The lowest BCUT2D eigenvalue weighted by atomic mass is 10.2. The molecule has 0 saturated heterocycles. The SMILES string of the molecule is OC(CCl)CNc1ccc2ccsc2c1. The predicted molar refractivity (Wildman–Crippen MR) is 67.0 cm³/mol. The number of fused-ring (bicyclic) bond motifs is 1. The Balaban J connectivity index is 2.08. The summed E-state index contributed by atoms with van der Waals surface area (Å²) in [5.74, 6) is 0.258. The van der Waals surface area contributed by atoms with E-state index >= 15 is 0 Å². The van der Waals surface area contributed by atoms with Crippen molar-refractivity contribution in [3.63, 3.8) is 0 Å². The van der Waals surface area contributed by atoms with Gasteiger partial charge < -0.3 is 10.4 Å². The van der Waals surface area contributed by atoms with Crippen LogP contribution in [0.2, 0.25) is 0 Å². The maximum atomic E-state index is 9.30. The highest BCUT2D eigenvalue weighted by Gasteiger charge is 2.02. The van der Waals surface area contributed by atoms with Crippen LogP contribution in [0.25, 0.3) is 10.1 Å². The van der Waals surface area contributed by atoms with Gasteiger partial charge in [-0.05, 0) is 29.0 Å². The molecule has 0 saturated carbocycles. The Kier molecular flexibility index (Phi) is 3.46. The number of benzene rings is 1. The fourth-order valence-corrected chi connectivity index (χ4v) is 2.29. The number of hydrogen-bond acceptors (Lipinski definition) is 3. The van der Waals surface area contributed by atoms with E-state index < -0.39 is 6.10 Å². The van der Waals surface area contributed by atoms with Crippen molar-refractivity contribution < 1.29 is 5.11 Å². The van der Waals surface area contributed by atoms with Crippen molar-refractivity contribution in [1.82, 2.24) is 0 Å². The molecular formula is C11H12ClNOS. The zero-order valence-corrected chi connectivity index (χ0v) is 9.68. The maximum Gasteiger partial charge on any atom is 0.0847 e. The molecule has 1 aromatic heterocycles. The second-order valence-electron chi connectivity index (χ2n) is 3.36. The summed E-state index contributed by atoms with van der Waals surface area (Å²) in [6, 6.07) is 8.26. The van der Waals surface area contributed by atoms with Crippen molar-refractivity contribution in [2.45, 2.75) is 6.10 Å². The van der Waals surface area contributed by atoms with Crippen molar-refractivity contribution in [3.05, 3.63) is 29.6 Å². The van der Waals surface area contributed by atoms with Gasteiger partial charge in [0.25, 0.3) is 0 Å². The molecule has 0 bridgehead atoms. The smallest absolute Gasteiger partial charge is 0.0847 e. The van der Waals surface area contributed by atoms with E-state index in [-0.39, 0.29) is 5.88 Å². The summed E-state index contributed by atoms with van der Waals surface area (Å²) in [5, 5.41) is 15.8. The molecule has 1 unspecified atom stereocenters. The van der Waals surface area contributed by atoms with Crippen molar-refractivity contribution in [2.75, 3.05) is 17.7 Å². The van der Waals surface area contributed by atoms with Crippen LogP contribution in [0.4, 0.5) is 5.69 Å². The van der Waals surface area contributed by atoms with Gasteiger partial charge in [0.1, 0.15) is 0 Å². The number of alkyl halides is 1. The van der Waals surface area contributed by atoms with Gasteiger partial charge in [-0.1, -0.05) is 6.07 Å². The molecule has 0 aliphatic heterocycles. The first-order valence-electron chi connectivity index (χ1n) is 4.75. The van der Waals surface area contributed by atoms with E-state index in [4.69, 9.17) is 11.6 Å². The van der Waals surface area contributed by atoms with Gasteiger partial charge in [0.2, 0.25) is 0 Å². The Morgan fingerprint density at radius 1 is 1.40 bits per heavy atom. The highest BCUT2D eigenvalue weighted by Crippen LogP contribution is 2.24. The predicted octanol–water partition coefficient (Wildman–Crippen LogP) is 2.91. The quantitative estimate of drug-likeness (QED) is 0.807. The lowest BCUT2D eigenvalue weighted by Gasteiger charge is -2.09. The van der Waals surface area contributed by atoms with Crippen LogP contribution in [-0.2, 0) is 0 Å². The largest absolute Gasteiger partial charge is 0.390 e. The number of thiophene rings is 1. The Morgan fingerprint density at radius 2 is 2.27 bits per heavy atom. The number of aliphatic hydroxyl groups is 1. The van der Waals surface area contributed by atoms with E-state index in [0.29, 0.717) is 6.54 Å². The van der Waals surface area contributed by atoms with Gasteiger partial charge in [0.05, 0.1) is 12.0 Å². The number of hydrogen-bond donors (Lipinski definition) is 2. The maximum absolute atomic E-state index is 9.30. The van der Waals surface area contributed by atoms with Crippen LogP contribution in [0.5, 0.6) is 0 Å². The summed E-state index contributed by atoms with van der Waals surface area (Å²) in [5.41, 5.74) is 1.02. The third-order valence-corrected chi connectivity index (χ3v) is 3.41. The first-order valence-corrected chi connectivity index (χ1v) is 6.16. The van der Waals surface area contributed by atoms with Crippen LogP contribution >= 0.6 is 22.9 Å². The molecule has 1 atom stereocenters. The minimum atomic E-state index is -0.495. The number of anilines is 1. The molecule has 1 heterocycles. The summed E-state index contributed by atoms with van der Waals surface area (Å²) in [6.07, 6.45) is -0.495. The zero-order valence-electron chi connectivity index (χ0n) is 8.11. The third-order valence-electron chi connectivity index (χ3n) is 2.18. The molecule has 0 radical (unpaired) electrons. The minimum Gasteiger partial charge on any atom is -0.390 e. The van der Waals surface area contributed by atoms with E-state index in [1.165, 1.54) is 10.1 Å². The van der Waals surface area contributed by atoms with E-state index in [2.05, 4.69) is 28.9 Å².